The second-order valence-corrected chi connectivity index (χ2v) is 8.42. The predicted molar refractivity (Wildman–Crippen MR) is 105 cm³/mol. The first-order valence-corrected chi connectivity index (χ1v) is 10.3. The van der Waals surface area contributed by atoms with Crippen molar-refractivity contribution in [3.63, 3.8) is 0 Å². The maximum atomic E-state index is 13.1. The summed E-state index contributed by atoms with van der Waals surface area (Å²) < 4.78 is 36.3. The van der Waals surface area contributed by atoms with Crippen molar-refractivity contribution in [3.8, 4) is 11.6 Å². The topological polar surface area (TPSA) is 90.0 Å². The average molecular weight is 409 g/mol. The highest BCUT2D eigenvalue weighted by molar-refractivity contribution is 7.92. The van der Waals surface area contributed by atoms with Crippen molar-refractivity contribution in [2.24, 2.45) is 7.05 Å². The van der Waals surface area contributed by atoms with Crippen molar-refractivity contribution < 1.29 is 12.8 Å². The van der Waals surface area contributed by atoms with Crippen molar-refractivity contribution in [3.05, 3.63) is 45.9 Å². The first-order chi connectivity index (χ1) is 12.7. The fraction of sp³-hybridized carbons (Fsp3) is 0.333. The molecule has 0 saturated carbocycles. The lowest BCUT2D eigenvalue weighted by Gasteiger charge is -2.11. The molecule has 7 nitrogen and oxygen atoms in total. The van der Waals surface area contributed by atoms with Gasteiger partial charge >= 0.3 is 0 Å². The lowest BCUT2D eigenvalue weighted by molar-refractivity contribution is 0.508. The van der Waals surface area contributed by atoms with Crippen LogP contribution in [0.3, 0.4) is 0 Å². The number of hydrogen-bond acceptors (Lipinski definition) is 5. The summed E-state index contributed by atoms with van der Waals surface area (Å²) in [5.41, 5.74) is 2.95. The summed E-state index contributed by atoms with van der Waals surface area (Å²) in [6, 6.07) is 5.00. The lowest BCUT2D eigenvalue weighted by atomic mass is 10.2. The Morgan fingerprint density at radius 1 is 1.22 bits per heavy atom. The monoisotopic (exact) mass is 408 g/mol. The van der Waals surface area contributed by atoms with E-state index in [4.69, 9.17) is 16.0 Å². The van der Waals surface area contributed by atoms with Crippen LogP contribution in [0.5, 0.6) is 0 Å². The highest BCUT2D eigenvalue weighted by atomic mass is 35.5. The Bertz CT molecular complexity index is 1120. The van der Waals surface area contributed by atoms with Crippen LogP contribution in [0.25, 0.3) is 11.6 Å². The molecule has 0 atom stereocenters. The number of hydrogen-bond donors (Lipinski definition) is 1. The van der Waals surface area contributed by atoms with E-state index < -0.39 is 10.0 Å². The molecule has 0 fully saturated rings. The van der Waals surface area contributed by atoms with Crippen LogP contribution in [0.1, 0.15) is 29.6 Å². The molecule has 0 radical (unpaired) electrons. The second-order valence-electron chi connectivity index (χ2n) is 6.37. The van der Waals surface area contributed by atoms with Crippen molar-refractivity contribution in [2.45, 2.75) is 39.0 Å². The minimum atomic E-state index is -3.82. The minimum absolute atomic E-state index is 0.200. The van der Waals surface area contributed by atoms with Crippen LogP contribution in [0, 0.1) is 20.8 Å². The molecule has 0 amide bonds. The maximum Gasteiger partial charge on any atom is 0.264 e. The van der Waals surface area contributed by atoms with Crippen LogP contribution >= 0.6 is 11.6 Å². The fourth-order valence-corrected chi connectivity index (χ4v) is 4.95. The van der Waals surface area contributed by atoms with Gasteiger partial charge in [-0.3, -0.25) is 4.72 Å². The van der Waals surface area contributed by atoms with Gasteiger partial charge in [-0.25, -0.2) is 8.42 Å². The van der Waals surface area contributed by atoms with E-state index >= 15 is 0 Å². The normalized spacial score (nSPS) is 11.8. The molecule has 0 aliphatic heterocycles. The van der Waals surface area contributed by atoms with Crippen LogP contribution in [-0.4, -0.2) is 23.2 Å². The van der Waals surface area contributed by atoms with Gasteiger partial charge in [-0.2, -0.15) is 0 Å². The highest BCUT2D eigenvalue weighted by Crippen LogP contribution is 2.34. The molecule has 1 N–H and O–H groups in total. The van der Waals surface area contributed by atoms with Crippen LogP contribution < -0.4 is 4.72 Å². The molecule has 1 aromatic carbocycles. The van der Waals surface area contributed by atoms with E-state index in [0.717, 1.165) is 5.56 Å². The van der Waals surface area contributed by atoms with E-state index in [2.05, 4.69) is 14.9 Å². The van der Waals surface area contributed by atoms with E-state index in [1.807, 2.05) is 6.92 Å². The zero-order valence-corrected chi connectivity index (χ0v) is 17.4. The van der Waals surface area contributed by atoms with Gasteiger partial charge in [-0.15, -0.1) is 10.2 Å². The van der Waals surface area contributed by atoms with Gasteiger partial charge in [0.2, 0.25) is 5.89 Å². The number of aromatic nitrogens is 3. The molecule has 27 heavy (non-hydrogen) atoms. The molecule has 0 spiro atoms. The summed E-state index contributed by atoms with van der Waals surface area (Å²) in [6.45, 7) is 7.19. The average Bonchev–Trinajstić information content (AvgIpc) is 3.13. The van der Waals surface area contributed by atoms with Gasteiger partial charge in [0, 0.05) is 29.7 Å². The Morgan fingerprint density at radius 3 is 2.52 bits per heavy atom. The lowest BCUT2D eigenvalue weighted by Crippen LogP contribution is -2.15. The molecule has 0 unspecified atom stereocenters. The summed E-state index contributed by atoms with van der Waals surface area (Å²) >= 11 is 5.96. The second kappa shape index (κ2) is 7.01. The zero-order valence-electron chi connectivity index (χ0n) is 15.8. The summed E-state index contributed by atoms with van der Waals surface area (Å²) in [6.07, 6.45) is 0.609. The predicted octanol–water partition coefficient (Wildman–Crippen LogP) is 4.02. The van der Waals surface area contributed by atoms with E-state index in [1.54, 1.807) is 50.6 Å². The van der Waals surface area contributed by atoms with E-state index in [0.29, 0.717) is 45.9 Å². The quantitative estimate of drug-likeness (QED) is 0.688. The molecule has 3 aromatic rings. The third-order valence-electron chi connectivity index (χ3n) is 4.54. The summed E-state index contributed by atoms with van der Waals surface area (Å²) in [4.78, 5) is 0.200. The Kier molecular flexibility index (Phi) is 5.05. The third kappa shape index (κ3) is 3.46. The molecule has 0 aliphatic rings. The van der Waals surface area contributed by atoms with Crippen molar-refractivity contribution in [1.29, 1.82) is 0 Å². The van der Waals surface area contributed by atoms with Gasteiger partial charge < -0.3 is 8.98 Å². The van der Waals surface area contributed by atoms with Crippen LogP contribution in [0.4, 0.5) is 5.69 Å². The van der Waals surface area contributed by atoms with Crippen molar-refractivity contribution in [1.82, 2.24) is 14.8 Å². The smallest absolute Gasteiger partial charge is 0.264 e. The molecular weight excluding hydrogens is 388 g/mol. The third-order valence-corrected chi connectivity index (χ3v) is 6.40. The molecule has 0 bridgehead atoms. The van der Waals surface area contributed by atoms with Gasteiger partial charge in [0.25, 0.3) is 15.9 Å². The van der Waals surface area contributed by atoms with Gasteiger partial charge in [-0.05, 0) is 44.5 Å². The van der Waals surface area contributed by atoms with Gasteiger partial charge in [0.15, 0.2) is 0 Å². The van der Waals surface area contributed by atoms with Crippen molar-refractivity contribution >= 4 is 27.3 Å². The molecule has 0 aliphatic carbocycles. The molecule has 144 valence electrons. The molecular formula is C18H21ClN4O3S. The number of sulfonamides is 1. The van der Waals surface area contributed by atoms with E-state index in [9.17, 15) is 8.42 Å². The van der Waals surface area contributed by atoms with E-state index in [1.165, 1.54) is 0 Å². The standard InChI is InChI=1S/C18H21ClN4O3S/c1-6-15-20-21-18(26-15)16-11(3)17(12(4)23(16)5)27(24,25)22-14-8-7-13(19)9-10(14)2/h7-9,22H,6H2,1-5H3. The number of rotatable bonds is 5. The Hall–Kier alpha value is -2.32. The maximum absolute atomic E-state index is 13.1. The molecule has 2 aromatic heterocycles. The summed E-state index contributed by atoms with van der Waals surface area (Å²) in [7, 11) is -2.04. The first kappa shape index (κ1) is 19.4. The highest BCUT2D eigenvalue weighted by Gasteiger charge is 2.29. The SMILES string of the molecule is CCc1nnc(-c2c(C)c(S(=O)(=O)Nc3ccc(Cl)cc3C)c(C)n2C)o1. The number of aryl methyl sites for hydroxylation is 2. The summed E-state index contributed by atoms with van der Waals surface area (Å²) in [5, 5.41) is 8.58. The number of anilines is 1. The Morgan fingerprint density at radius 2 is 1.93 bits per heavy atom. The van der Waals surface area contributed by atoms with Crippen LogP contribution in [-0.2, 0) is 23.5 Å². The summed E-state index contributed by atoms with van der Waals surface area (Å²) in [5.74, 6) is 0.807. The number of nitrogens with one attached hydrogen (secondary N) is 1. The van der Waals surface area contributed by atoms with Crippen LogP contribution in [0.15, 0.2) is 27.5 Å². The van der Waals surface area contributed by atoms with Crippen LogP contribution in [0.2, 0.25) is 5.02 Å². The zero-order chi connectivity index (χ0) is 19.9. The molecule has 2 heterocycles. The Labute approximate surface area is 163 Å². The largest absolute Gasteiger partial charge is 0.419 e. The molecule has 0 saturated heterocycles. The molecule has 3 rings (SSSR count). The number of nitrogens with zero attached hydrogens (tertiary/aromatic N) is 3. The van der Waals surface area contributed by atoms with Gasteiger partial charge in [0.05, 0.1) is 5.69 Å². The fourth-order valence-electron chi connectivity index (χ4n) is 3.08. The van der Waals surface area contributed by atoms with Gasteiger partial charge in [-0.1, -0.05) is 18.5 Å². The van der Waals surface area contributed by atoms with Gasteiger partial charge in [0.1, 0.15) is 10.6 Å². The first-order valence-electron chi connectivity index (χ1n) is 8.43. The minimum Gasteiger partial charge on any atom is -0.419 e. The molecule has 9 heteroatoms. The van der Waals surface area contributed by atoms with Crippen molar-refractivity contribution in [2.75, 3.05) is 4.72 Å². The number of benzene rings is 1. The Balaban J connectivity index is 2.09. The number of halogens is 1. The van der Waals surface area contributed by atoms with E-state index in [-0.39, 0.29) is 4.90 Å².